The monoisotopic (exact) mass is 446 g/mol. The zero-order valence-corrected chi connectivity index (χ0v) is 19.6. The number of rotatable bonds is 8. The molecule has 1 aliphatic heterocycles. The van der Waals surface area contributed by atoms with E-state index < -0.39 is 0 Å². The van der Waals surface area contributed by atoms with E-state index in [-0.39, 0.29) is 12.1 Å². The highest BCUT2D eigenvalue weighted by molar-refractivity contribution is 5.86. The van der Waals surface area contributed by atoms with Crippen molar-refractivity contribution in [2.45, 2.75) is 46.6 Å². The number of carbonyl (C=O) groups is 1. The van der Waals surface area contributed by atoms with Gasteiger partial charge in [-0.2, -0.15) is 4.98 Å². The Balaban J connectivity index is 1.74. The van der Waals surface area contributed by atoms with Crippen LogP contribution in [0.25, 0.3) is 17.0 Å². The van der Waals surface area contributed by atoms with Gasteiger partial charge in [0.05, 0.1) is 18.2 Å². The molecule has 0 bridgehead atoms. The molecule has 2 amide bonds. The normalized spacial score (nSPS) is 16.2. The number of urea groups is 1. The molecule has 2 heterocycles. The number of allylic oxidation sites excluding steroid dienone is 1. The number of hydrogen-bond acceptors (Lipinski definition) is 5. The lowest BCUT2D eigenvalue weighted by Crippen LogP contribution is -2.46. The molecule has 0 aliphatic carbocycles. The zero-order valence-electron chi connectivity index (χ0n) is 19.6. The van der Waals surface area contributed by atoms with E-state index in [0.717, 1.165) is 46.6 Å². The van der Waals surface area contributed by atoms with Crippen LogP contribution in [0.15, 0.2) is 58.8 Å². The minimum absolute atomic E-state index is 0.110. The maximum atomic E-state index is 13.0. The summed E-state index contributed by atoms with van der Waals surface area (Å²) in [6.07, 6.45) is 1.91. The number of unbranched alkanes of at least 4 members (excludes halogenated alkanes) is 1. The summed E-state index contributed by atoms with van der Waals surface area (Å²) in [4.78, 5) is 19.4. The average molecular weight is 447 g/mol. The van der Waals surface area contributed by atoms with Gasteiger partial charge >= 0.3 is 6.03 Å². The van der Waals surface area contributed by atoms with Gasteiger partial charge in [-0.1, -0.05) is 48.3 Å². The first-order valence-electron chi connectivity index (χ1n) is 11.4. The molecule has 7 heteroatoms. The summed E-state index contributed by atoms with van der Waals surface area (Å²) >= 11 is 0. The fourth-order valence-electron chi connectivity index (χ4n) is 3.97. The van der Waals surface area contributed by atoms with Crippen LogP contribution in [-0.4, -0.2) is 34.2 Å². The Labute approximate surface area is 194 Å². The van der Waals surface area contributed by atoms with Crippen molar-refractivity contribution in [3.63, 3.8) is 0 Å². The number of nitrogens with one attached hydrogen (secondary N) is 1. The van der Waals surface area contributed by atoms with Crippen molar-refractivity contribution in [2.24, 2.45) is 0 Å². The summed E-state index contributed by atoms with van der Waals surface area (Å²) in [5.41, 5.74) is 4.61. The summed E-state index contributed by atoms with van der Waals surface area (Å²) in [7, 11) is 0. The van der Waals surface area contributed by atoms with Gasteiger partial charge in [0, 0.05) is 17.8 Å². The van der Waals surface area contributed by atoms with Crippen LogP contribution in [0.2, 0.25) is 0 Å². The third-order valence-corrected chi connectivity index (χ3v) is 5.82. The Kier molecular flexibility index (Phi) is 6.77. The molecule has 33 heavy (non-hydrogen) atoms. The van der Waals surface area contributed by atoms with Crippen molar-refractivity contribution in [3.8, 4) is 17.1 Å². The first-order valence-corrected chi connectivity index (χ1v) is 11.4. The van der Waals surface area contributed by atoms with Crippen LogP contribution >= 0.6 is 0 Å². The van der Waals surface area contributed by atoms with Gasteiger partial charge in [0.1, 0.15) is 5.75 Å². The van der Waals surface area contributed by atoms with E-state index in [1.54, 1.807) is 4.90 Å². The van der Waals surface area contributed by atoms with Crippen LogP contribution in [-0.2, 0) is 0 Å². The van der Waals surface area contributed by atoms with Crippen LogP contribution in [0.1, 0.15) is 56.7 Å². The van der Waals surface area contributed by atoms with Crippen molar-refractivity contribution in [2.75, 3.05) is 13.2 Å². The zero-order chi connectivity index (χ0) is 23.4. The molecular formula is C26H30N4O3. The molecule has 1 aromatic heterocycles. The quantitative estimate of drug-likeness (QED) is 0.477. The molecule has 0 saturated heterocycles. The number of ether oxygens (including phenoxy) is 1. The van der Waals surface area contributed by atoms with E-state index in [9.17, 15) is 4.79 Å². The van der Waals surface area contributed by atoms with Gasteiger partial charge < -0.3 is 14.6 Å². The van der Waals surface area contributed by atoms with Crippen molar-refractivity contribution in [1.29, 1.82) is 0 Å². The molecule has 0 spiro atoms. The second-order valence-corrected chi connectivity index (χ2v) is 8.18. The van der Waals surface area contributed by atoms with Crippen molar-refractivity contribution < 1.29 is 14.1 Å². The summed E-state index contributed by atoms with van der Waals surface area (Å²) in [5, 5.41) is 7.37. The molecule has 0 radical (unpaired) electrons. The molecule has 7 nitrogen and oxygen atoms in total. The van der Waals surface area contributed by atoms with Crippen molar-refractivity contribution in [3.05, 3.63) is 71.2 Å². The first kappa shape index (κ1) is 22.6. The van der Waals surface area contributed by atoms with Gasteiger partial charge in [0.25, 0.3) is 5.89 Å². The van der Waals surface area contributed by atoms with Crippen LogP contribution in [0.5, 0.6) is 5.75 Å². The molecule has 0 fully saturated rings. The topological polar surface area (TPSA) is 80.5 Å². The minimum atomic E-state index is -0.371. The van der Waals surface area contributed by atoms with Crippen LogP contribution in [0.3, 0.4) is 0 Å². The van der Waals surface area contributed by atoms with Crippen LogP contribution < -0.4 is 10.1 Å². The largest absolute Gasteiger partial charge is 0.494 e. The smallest absolute Gasteiger partial charge is 0.322 e. The number of amides is 2. The van der Waals surface area contributed by atoms with Crippen LogP contribution in [0, 0.1) is 6.92 Å². The highest BCUT2D eigenvalue weighted by Crippen LogP contribution is 2.37. The molecule has 1 atom stereocenters. The lowest BCUT2D eigenvalue weighted by Gasteiger charge is -2.35. The highest BCUT2D eigenvalue weighted by Gasteiger charge is 2.35. The molecule has 172 valence electrons. The van der Waals surface area contributed by atoms with E-state index in [4.69, 9.17) is 14.2 Å². The molecule has 4 rings (SSSR count). The highest BCUT2D eigenvalue weighted by atomic mass is 16.5. The molecule has 0 saturated carbocycles. The fraction of sp³-hybridized carbons (Fsp3) is 0.346. The lowest BCUT2D eigenvalue weighted by molar-refractivity contribution is 0.204. The predicted octanol–water partition coefficient (Wildman–Crippen LogP) is 5.74. The molecule has 2 aromatic carbocycles. The van der Waals surface area contributed by atoms with Crippen LogP contribution in [0.4, 0.5) is 4.79 Å². The third kappa shape index (κ3) is 4.77. The standard InChI is InChI=1S/C26H30N4O3/c1-5-7-16-30-18(4)22(23(27-26(30)31)19-10-8-17(3)9-11-19)25-28-24(29-33-25)20-12-14-21(15-13-20)32-6-2/h8-15,23H,5-7,16H2,1-4H3,(H,27,31). The summed E-state index contributed by atoms with van der Waals surface area (Å²) < 4.78 is 11.3. The van der Waals surface area contributed by atoms with Gasteiger partial charge in [-0.25, -0.2) is 4.79 Å². The second-order valence-electron chi connectivity index (χ2n) is 8.18. The predicted molar refractivity (Wildman–Crippen MR) is 128 cm³/mol. The van der Waals surface area contributed by atoms with Gasteiger partial charge in [0.2, 0.25) is 5.82 Å². The van der Waals surface area contributed by atoms with E-state index in [0.29, 0.717) is 24.9 Å². The Morgan fingerprint density at radius 1 is 1.06 bits per heavy atom. The number of hydrogen-bond donors (Lipinski definition) is 1. The SMILES string of the molecule is CCCCN1C(=O)NC(c2ccc(C)cc2)C(c2nc(-c3ccc(OCC)cc3)no2)=C1C. The average Bonchev–Trinajstić information content (AvgIpc) is 3.29. The number of nitrogens with zero attached hydrogens (tertiary/aromatic N) is 3. The number of benzene rings is 2. The molecule has 3 aromatic rings. The number of aromatic nitrogens is 2. The van der Waals surface area contributed by atoms with Gasteiger partial charge in [-0.05, 0) is 57.0 Å². The van der Waals surface area contributed by atoms with E-state index >= 15 is 0 Å². The molecule has 1 N–H and O–H groups in total. The maximum Gasteiger partial charge on any atom is 0.322 e. The Hall–Kier alpha value is -3.61. The third-order valence-electron chi connectivity index (χ3n) is 5.82. The van der Waals surface area contributed by atoms with E-state index in [2.05, 4.69) is 17.4 Å². The number of aryl methyl sites for hydroxylation is 1. The van der Waals surface area contributed by atoms with Crippen molar-refractivity contribution in [1.82, 2.24) is 20.4 Å². The lowest BCUT2D eigenvalue weighted by atomic mass is 9.94. The van der Waals surface area contributed by atoms with Gasteiger partial charge in [0.15, 0.2) is 0 Å². The van der Waals surface area contributed by atoms with Crippen molar-refractivity contribution >= 4 is 11.6 Å². The van der Waals surface area contributed by atoms with E-state index in [1.165, 1.54) is 0 Å². The molecule has 1 aliphatic rings. The second kappa shape index (κ2) is 9.90. The molecular weight excluding hydrogens is 416 g/mol. The van der Waals surface area contributed by atoms with Gasteiger partial charge in [-0.3, -0.25) is 4.90 Å². The Morgan fingerprint density at radius 2 is 1.79 bits per heavy atom. The summed E-state index contributed by atoms with van der Waals surface area (Å²) in [5.74, 6) is 1.70. The molecule has 1 unspecified atom stereocenters. The van der Waals surface area contributed by atoms with Gasteiger partial charge in [-0.15, -0.1) is 0 Å². The fourth-order valence-corrected chi connectivity index (χ4v) is 3.97. The minimum Gasteiger partial charge on any atom is -0.494 e. The first-order chi connectivity index (χ1) is 16.0. The summed E-state index contributed by atoms with van der Waals surface area (Å²) in [6, 6.07) is 15.3. The van der Waals surface area contributed by atoms with E-state index in [1.807, 2.05) is 69.3 Å². The number of carbonyl (C=O) groups excluding carboxylic acids is 1. The maximum absolute atomic E-state index is 13.0. The summed E-state index contributed by atoms with van der Waals surface area (Å²) in [6.45, 7) is 9.30. The Morgan fingerprint density at radius 3 is 2.45 bits per heavy atom. The Bertz CT molecular complexity index is 1130.